The summed E-state index contributed by atoms with van der Waals surface area (Å²) in [4.78, 5) is 56.7. The third kappa shape index (κ3) is 6.82. The van der Waals surface area contributed by atoms with Gasteiger partial charge in [0.15, 0.2) is 11.6 Å². The Balaban J connectivity index is 1.21. The van der Waals surface area contributed by atoms with Gasteiger partial charge in [0.25, 0.3) is 0 Å². The molecule has 2 fully saturated rings. The number of esters is 1. The summed E-state index contributed by atoms with van der Waals surface area (Å²) in [5.41, 5.74) is 3.65. The number of halogens is 3. The van der Waals surface area contributed by atoms with E-state index in [0.29, 0.717) is 0 Å². The van der Waals surface area contributed by atoms with E-state index in [0.717, 1.165) is 24.3 Å². The second-order valence-electron chi connectivity index (χ2n) is 11.0. The molecule has 1 aromatic heterocycles. The molecule has 1 saturated heterocycles. The van der Waals surface area contributed by atoms with E-state index >= 15 is 8.78 Å². The molecule has 4 amide bonds. The molecule has 0 radical (unpaired) electrons. The fourth-order valence-corrected chi connectivity index (χ4v) is 4.96. The highest BCUT2D eigenvalue weighted by molar-refractivity contribution is 6.14. The van der Waals surface area contributed by atoms with Crippen molar-refractivity contribution >= 4 is 35.3 Å². The third-order valence-electron chi connectivity index (χ3n) is 7.41. The number of carbonyl (C=O) groups excluding carboxylic acids is 4. The highest BCUT2D eigenvalue weighted by Crippen LogP contribution is 2.60. The molecule has 0 bridgehead atoms. The number of carbonyl (C=O) groups is 4. The molecule has 2 atom stereocenters. The number of nitrogens with one attached hydrogen (secondary N) is 2. The average molecular weight is 627 g/mol. The van der Waals surface area contributed by atoms with E-state index in [1.54, 1.807) is 19.0 Å². The number of ether oxygens (including phenoxy) is 2. The Bertz CT molecular complexity index is 1650. The van der Waals surface area contributed by atoms with Gasteiger partial charge in [0.1, 0.15) is 34.7 Å². The van der Waals surface area contributed by atoms with Crippen LogP contribution in [0.5, 0.6) is 11.5 Å². The summed E-state index contributed by atoms with van der Waals surface area (Å²) in [6.07, 6.45) is 0.718. The first-order valence-electron chi connectivity index (χ1n) is 13.8. The number of likely N-dealkylation sites (tertiary alicyclic amines) is 1. The lowest BCUT2D eigenvalue weighted by Gasteiger charge is -2.38. The Labute approximate surface area is 255 Å². The summed E-state index contributed by atoms with van der Waals surface area (Å²) in [6.45, 7) is 0.519. The number of benzene rings is 2. The Kier molecular flexibility index (Phi) is 8.64. The maximum atomic E-state index is 15.2. The number of nitrogens with zero attached hydrogens (tertiary/aromatic N) is 3. The molecule has 15 heteroatoms. The zero-order valence-electron chi connectivity index (χ0n) is 24.2. The van der Waals surface area contributed by atoms with E-state index in [4.69, 9.17) is 15.2 Å². The number of pyridine rings is 1. The van der Waals surface area contributed by atoms with Crippen molar-refractivity contribution in [2.45, 2.75) is 18.4 Å². The van der Waals surface area contributed by atoms with Gasteiger partial charge in [-0.05, 0) is 62.5 Å². The number of aromatic nitrogens is 1. The van der Waals surface area contributed by atoms with Crippen LogP contribution in [0.3, 0.4) is 0 Å². The molecule has 2 aliphatic rings. The molecule has 12 nitrogen and oxygen atoms in total. The Morgan fingerprint density at radius 3 is 2.40 bits per heavy atom. The molecule has 2 unspecified atom stereocenters. The number of hydrogen-bond donors (Lipinski definition) is 3. The van der Waals surface area contributed by atoms with Crippen molar-refractivity contribution in [3.8, 4) is 11.5 Å². The van der Waals surface area contributed by atoms with E-state index in [-0.39, 0.29) is 48.9 Å². The maximum absolute atomic E-state index is 15.2. The standard InChI is InChI=1S/C30H29F3N6O6/c1-38(2)15-26(40)45-19-13-39(14-19)29(43)37-25-9-18(7-8-35-25)44-24-11-22(32)20(10-23(24)33)21-12-30(21,27(34)41)28(42)36-17-5-3-16(31)4-6-17/h3-11,19,21H,12-15H2,1-2H3,(H2,34,41)(H,36,42)(H,35,37,43). The number of amides is 4. The van der Waals surface area contributed by atoms with E-state index in [1.165, 1.54) is 35.4 Å². The van der Waals surface area contributed by atoms with Crippen LogP contribution in [0.4, 0.5) is 29.5 Å². The number of hydrogen-bond acceptors (Lipinski definition) is 8. The molecule has 5 rings (SSSR count). The van der Waals surface area contributed by atoms with Gasteiger partial charge in [-0.25, -0.2) is 22.9 Å². The van der Waals surface area contributed by atoms with Crippen molar-refractivity contribution in [3.05, 3.63) is 77.7 Å². The topological polar surface area (TPSA) is 156 Å². The Morgan fingerprint density at radius 2 is 1.73 bits per heavy atom. The number of rotatable bonds is 10. The molecule has 45 heavy (non-hydrogen) atoms. The van der Waals surface area contributed by atoms with Crippen LogP contribution in [-0.4, -0.2) is 78.4 Å². The predicted octanol–water partition coefficient (Wildman–Crippen LogP) is 3.21. The van der Waals surface area contributed by atoms with Crippen LogP contribution in [-0.2, 0) is 19.1 Å². The third-order valence-corrected chi connectivity index (χ3v) is 7.41. The van der Waals surface area contributed by atoms with Gasteiger partial charge < -0.3 is 25.4 Å². The van der Waals surface area contributed by atoms with Gasteiger partial charge in [-0.3, -0.25) is 24.6 Å². The van der Waals surface area contributed by atoms with Gasteiger partial charge >= 0.3 is 12.0 Å². The maximum Gasteiger partial charge on any atom is 0.323 e. The molecule has 0 spiro atoms. The van der Waals surface area contributed by atoms with Crippen LogP contribution >= 0.6 is 0 Å². The van der Waals surface area contributed by atoms with Gasteiger partial charge in [0, 0.05) is 29.9 Å². The van der Waals surface area contributed by atoms with E-state index in [2.05, 4.69) is 15.6 Å². The molecule has 1 saturated carbocycles. The van der Waals surface area contributed by atoms with Crippen molar-refractivity contribution in [2.75, 3.05) is 44.4 Å². The summed E-state index contributed by atoms with van der Waals surface area (Å²) in [5, 5.41) is 5.04. The summed E-state index contributed by atoms with van der Waals surface area (Å²) in [6, 6.07) is 8.57. The molecule has 1 aliphatic heterocycles. The normalized spacial score (nSPS) is 19.0. The number of nitrogens with two attached hydrogens (primary N) is 1. The van der Waals surface area contributed by atoms with Crippen molar-refractivity contribution in [1.29, 1.82) is 0 Å². The lowest BCUT2D eigenvalue weighted by molar-refractivity contribution is -0.156. The van der Waals surface area contributed by atoms with Gasteiger partial charge in [-0.15, -0.1) is 0 Å². The molecule has 236 valence electrons. The SMILES string of the molecule is CN(C)CC(=O)OC1CN(C(=O)Nc2cc(Oc3cc(F)c(C4CC4(C(N)=O)C(=O)Nc4ccc(F)cc4)cc3F)ccn2)C1. The molecular formula is C30H29F3N6O6. The first-order chi connectivity index (χ1) is 21.3. The quantitative estimate of drug-likeness (QED) is 0.229. The van der Waals surface area contributed by atoms with Gasteiger partial charge in [0.05, 0.1) is 19.6 Å². The zero-order valence-corrected chi connectivity index (χ0v) is 24.2. The smallest absolute Gasteiger partial charge is 0.323 e. The minimum Gasteiger partial charge on any atom is -0.458 e. The van der Waals surface area contributed by atoms with E-state index in [9.17, 15) is 23.6 Å². The summed E-state index contributed by atoms with van der Waals surface area (Å²) in [5.74, 6) is -6.12. The minimum atomic E-state index is -1.83. The van der Waals surface area contributed by atoms with Crippen molar-refractivity contribution in [3.63, 3.8) is 0 Å². The van der Waals surface area contributed by atoms with E-state index in [1.807, 2.05) is 0 Å². The highest BCUT2D eigenvalue weighted by Gasteiger charge is 2.66. The summed E-state index contributed by atoms with van der Waals surface area (Å²) >= 11 is 0. The Hall–Kier alpha value is -5.18. The number of likely N-dealkylation sites (N-methyl/N-ethyl adjacent to an activating group) is 1. The zero-order chi connectivity index (χ0) is 32.5. The molecule has 1 aliphatic carbocycles. The fraction of sp³-hybridized carbons (Fsp3) is 0.300. The second-order valence-corrected chi connectivity index (χ2v) is 11.0. The minimum absolute atomic E-state index is 0.0297. The number of anilines is 2. The largest absolute Gasteiger partial charge is 0.458 e. The van der Waals surface area contributed by atoms with Gasteiger partial charge in [0.2, 0.25) is 11.8 Å². The first-order valence-corrected chi connectivity index (χ1v) is 13.8. The van der Waals surface area contributed by atoms with Crippen molar-refractivity contribution in [2.24, 2.45) is 11.1 Å². The van der Waals surface area contributed by atoms with Crippen LogP contribution in [0.1, 0.15) is 17.9 Å². The van der Waals surface area contributed by atoms with E-state index < -0.39 is 64.5 Å². The van der Waals surface area contributed by atoms with Crippen LogP contribution in [0.25, 0.3) is 0 Å². The van der Waals surface area contributed by atoms with Crippen molar-refractivity contribution < 1.29 is 41.8 Å². The van der Waals surface area contributed by atoms with Crippen LogP contribution in [0, 0.1) is 22.9 Å². The molecule has 2 heterocycles. The first kappa shape index (κ1) is 31.3. The van der Waals surface area contributed by atoms with Crippen molar-refractivity contribution in [1.82, 2.24) is 14.8 Å². The molecule has 3 aromatic rings. The van der Waals surface area contributed by atoms with Crippen LogP contribution in [0.2, 0.25) is 0 Å². The number of primary amides is 1. The summed E-state index contributed by atoms with van der Waals surface area (Å²) in [7, 11) is 3.47. The fourth-order valence-electron chi connectivity index (χ4n) is 4.96. The number of urea groups is 1. The molecule has 2 aromatic carbocycles. The molecular weight excluding hydrogens is 597 g/mol. The van der Waals surface area contributed by atoms with Gasteiger partial charge in [-0.1, -0.05) is 0 Å². The lowest BCUT2D eigenvalue weighted by atomic mass is 9.96. The second kappa shape index (κ2) is 12.4. The predicted molar refractivity (Wildman–Crippen MR) is 154 cm³/mol. The Morgan fingerprint density at radius 1 is 1.02 bits per heavy atom. The van der Waals surface area contributed by atoms with Crippen LogP contribution in [0.15, 0.2) is 54.7 Å². The monoisotopic (exact) mass is 626 g/mol. The summed E-state index contributed by atoms with van der Waals surface area (Å²) < 4.78 is 54.4. The highest BCUT2D eigenvalue weighted by atomic mass is 19.1. The van der Waals surface area contributed by atoms with Gasteiger partial charge in [-0.2, -0.15) is 0 Å². The molecule has 4 N–H and O–H groups in total. The average Bonchev–Trinajstić information content (AvgIpc) is 3.70. The lowest BCUT2D eigenvalue weighted by Crippen LogP contribution is -2.57. The van der Waals surface area contributed by atoms with Crippen LogP contribution < -0.4 is 21.1 Å².